The van der Waals surface area contributed by atoms with E-state index in [9.17, 15) is 0 Å². The van der Waals surface area contributed by atoms with Gasteiger partial charge in [-0.15, -0.1) is 0 Å². The molecule has 1 fully saturated rings. The lowest BCUT2D eigenvalue weighted by Gasteiger charge is -2.36. The normalized spacial score (nSPS) is 19.9. The highest BCUT2D eigenvalue weighted by molar-refractivity contribution is 5.39. The number of rotatable bonds is 5. The highest BCUT2D eigenvalue weighted by atomic mass is 16.5. The van der Waals surface area contributed by atoms with Crippen molar-refractivity contribution in [2.75, 3.05) is 19.9 Å². The Morgan fingerprint density at radius 2 is 2.22 bits per heavy atom. The first-order chi connectivity index (χ1) is 8.72. The summed E-state index contributed by atoms with van der Waals surface area (Å²) < 4.78 is 5.84. The van der Waals surface area contributed by atoms with Crippen molar-refractivity contribution in [1.29, 1.82) is 0 Å². The molecule has 0 amide bonds. The third-order valence-electron chi connectivity index (χ3n) is 4.19. The lowest BCUT2D eigenvalue weighted by molar-refractivity contribution is -0.0336. The summed E-state index contributed by atoms with van der Waals surface area (Å²) in [5.74, 6) is 0.627. The molecule has 1 atom stereocenters. The van der Waals surface area contributed by atoms with Crippen LogP contribution in [0.1, 0.15) is 31.2 Å². The number of anilines is 1. The third kappa shape index (κ3) is 2.49. The molecule has 3 N–H and O–H groups in total. The van der Waals surface area contributed by atoms with Crippen molar-refractivity contribution in [3.05, 3.63) is 23.9 Å². The number of nitrogens with zero attached hydrogens (tertiary/aromatic N) is 1. The predicted molar refractivity (Wildman–Crippen MR) is 73.4 cm³/mol. The van der Waals surface area contributed by atoms with Crippen molar-refractivity contribution in [3.8, 4) is 0 Å². The maximum absolute atomic E-state index is 5.93. The molecule has 1 aliphatic carbocycles. The molecule has 1 aromatic heterocycles. The van der Waals surface area contributed by atoms with Crippen LogP contribution in [0.5, 0.6) is 0 Å². The van der Waals surface area contributed by atoms with Crippen LogP contribution < -0.4 is 11.1 Å². The second-order valence-electron chi connectivity index (χ2n) is 5.07. The number of nitrogen functional groups attached to an aromatic ring is 1. The Balaban J connectivity index is 2.16. The predicted octanol–water partition coefficient (Wildman–Crippen LogP) is 1.75. The summed E-state index contributed by atoms with van der Waals surface area (Å²) in [6.45, 7) is 0. The Bertz CT molecular complexity index is 388. The fraction of sp³-hybridized carbons (Fsp3) is 0.643. The third-order valence-corrected chi connectivity index (χ3v) is 4.19. The van der Waals surface area contributed by atoms with E-state index < -0.39 is 0 Å². The van der Waals surface area contributed by atoms with E-state index in [1.165, 1.54) is 12.8 Å². The van der Waals surface area contributed by atoms with Crippen molar-refractivity contribution < 1.29 is 4.74 Å². The van der Waals surface area contributed by atoms with Gasteiger partial charge in [0.05, 0.1) is 5.60 Å². The Morgan fingerprint density at radius 3 is 2.78 bits per heavy atom. The number of pyridine rings is 1. The number of hydrogen-bond acceptors (Lipinski definition) is 4. The minimum atomic E-state index is -0.0446. The van der Waals surface area contributed by atoms with Crippen LogP contribution in [0.15, 0.2) is 18.3 Å². The number of hydrogen-bond donors (Lipinski definition) is 2. The fourth-order valence-corrected chi connectivity index (χ4v) is 3.06. The fourth-order valence-electron chi connectivity index (χ4n) is 3.06. The Morgan fingerprint density at radius 1 is 1.50 bits per heavy atom. The van der Waals surface area contributed by atoms with Crippen LogP contribution in [0.4, 0.5) is 5.82 Å². The van der Waals surface area contributed by atoms with Gasteiger partial charge < -0.3 is 15.8 Å². The van der Waals surface area contributed by atoms with Crippen molar-refractivity contribution in [1.82, 2.24) is 10.3 Å². The van der Waals surface area contributed by atoms with Gasteiger partial charge in [-0.05, 0) is 37.9 Å². The smallest absolute Gasteiger partial charge is 0.126 e. The SMILES string of the molecule is CNC(Cc1cccnc1N)C1(OC)CCCC1. The molecule has 100 valence electrons. The molecule has 1 saturated carbocycles. The lowest BCUT2D eigenvalue weighted by atomic mass is 9.87. The van der Waals surface area contributed by atoms with E-state index in [4.69, 9.17) is 10.5 Å². The summed E-state index contributed by atoms with van der Waals surface area (Å²) in [7, 11) is 3.82. The maximum Gasteiger partial charge on any atom is 0.126 e. The van der Waals surface area contributed by atoms with Crippen molar-refractivity contribution in [2.45, 2.75) is 43.7 Å². The van der Waals surface area contributed by atoms with E-state index in [0.29, 0.717) is 5.82 Å². The zero-order valence-electron chi connectivity index (χ0n) is 11.3. The number of methoxy groups -OCH3 is 1. The van der Waals surface area contributed by atoms with Crippen LogP contribution in [-0.2, 0) is 11.2 Å². The van der Waals surface area contributed by atoms with Gasteiger partial charge in [-0.1, -0.05) is 18.9 Å². The molecule has 0 bridgehead atoms. The van der Waals surface area contributed by atoms with Gasteiger partial charge >= 0.3 is 0 Å². The van der Waals surface area contributed by atoms with Crippen LogP contribution in [-0.4, -0.2) is 30.8 Å². The average molecular weight is 249 g/mol. The van der Waals surface area contributed by atoms with Crippen LogP contribution >= 0.6 is 0 Å². The van der Waals surface area contributed by atoms with Gasteiger partial charge in [0.1, 0.15) is 5.82 Å². The van der Waals surface area contributed by atoms with E-state index >= 15 is 0 Å². The van der Waals surface area contributed by atoms with E-state index in [2.05, 4.69) is 10.3 Å². The average Bonchev–Trinajstić information content (AvgIpc) is 2.88. The van der Waals surface area contributed by atoms with E-state index in [1.807, 2.05) is 26.3 Å². The number of nitrogens with two attached hydrogens (primary N) is 1. The molecular formula is C14H23N3O. The Kier molecular flexibility index (Phi) is 4.19. The van der Waals surface area contributed by atoms with Gasteiger partial charge in [0.2, 0.25) is 0 Å². The van der Waals surface area contributed by atoms with Crippen molar-refractivity contribution >= 4 is 5.82 Å². The van der Waals surface area contributed by atoms with E-state index in [1.54, 1.807) is 6.20 Å². The van der Waals surface area contributed by atoms with E-state index in [-0.39, 0.29) is 11.6 Å². The first-order valence-electron chi connectivity index (χ1n) is 6.63. The lowest BCUT2D eigenvalue weighted by Crippen LogP contribution is -2.50. The summed E-state index contributed by atoms with van der Waals surface area (Å²) in [6.07, 6.45) is 7.33. The summed E-state index contributed by atoms with van der Waals surface area (Å²) in [5.41, 5.74) is 6.98. The molecule has 18 heavy (non-hydrogen) atoms. The quantitative estimate of drug-likeness (QED) is 0.834. The number of likely N-dealkylation sites (N-methyl/N-ethyl adjacent to an activating group) is 1. The van der Waals surface area contributed by atoms with Crippen molar-refractivity contribution in [3.63, 3.8) is 0 Å². The van der Waals surface area contributed by atoms with Crippen LogP contribution in [0, 0.1) is 0 Å². The van der Waals surface area contributed by atoms with E-state index in [0.717, 1.165) is 24.8 Å². The minimum Gasteiger partial charge on any atom is -0.383 e. The van der Waals surface area contributed by atoms with Gasteiger partial charge in [-0.25, -0.2) is 4.98 Å². The number of nitrogens with one attached hydrogen (secondary N) is 1. The highest BCUT2D eigenvalue weighted by Crippen LogP contribution is 2.37. The highest BCUT2D eigenvalue weighted by Gasteiger charge is 2.40. The molecule has 0 aromatic carbocycles. The molecule has 4 heteroatoms. The van der Waals surface area contributed by atoms with Crippen LogP contribution in [0.2, 0.25) is 0 Å². The first-order valence-corrected chi connectivity index (χ1v) is 6.63. The molecule has 0 saturated heterocycles. The molecular weight excluding hydrogens is 226 g/mol. The Hall–Kier alpha value is -1.13. The number of aromatic nitrogens is 1. The largest absolute Gasteiger partial charge is 0.383 e. The second kappa shape index (κ2) is 5.67. The summed E-state index contributed by atoms with van der Waals surface area (Å²) >= 11 is 0. The molecule has 1 aliphatic rings. The van der Waals surface area contributed by atoms with Gasteiger partial charge in [0, 0.05) is 19.3 Å². The van der Waals surface area contributed by atoms with Gasteiger partial charge in [-0.2, -0.15) is 0 Å². The molecule has 2 rings (SSSR count). The van der Waals surface area contributed by atoms with Crippen molar-refractivity contribution in [2.24, 2.45) is 0 Å². The van der Waals surface area contributed by atoms with Gasteiger partial charge in [-0.3, -0.25) is 0 Å². The standard InChI is InChI=1S/C14H23N3O/c1-16-12(14(18-2)7-3-4-8-14)10-11-6-5-9-17-13(11)15/h5-6,9,12,16H,3-4,7-8,10H2,1-2H3,(H2,15,17). The summed E-state index contributed by atoms with van der Waals surface area (Å²) in [4.78, 5) is 4.15. The topological polar surface area (TPSA) is 60.2 Å². The molecule has 4 nitrogen and oxygen atoms in total. The molecule has 1 unspecified atom stereocenters. The number of ether oxygens (including phenoxy) is 1. The first kappa shape index (κ1) is 13.3. The molecule has 0 aliphatic heterocycles. The molecule has 1 heterocycles. The molecule has 1 aromatic rings. The van der Waals surface area contributed by atoms with Crippen LogP contribution in [0.3, 0.4) is 0 Å². The minimum absolute atomic E-state index is 0.0446. The maximum atomic E-state index is 5.93. The summed E-state index contributed by atoms with van der Waals surface area (Å²) in [5, 5.41) is 3.40. The summed E-state index contributed by atoms with van der Waals surface area (Å²) in [6, 6.07) is 4.27. The molecule has 0 spiro atoms. The van der Waals surface area contributed by atoms with Gasteiger partial charge in [0.25, 0.3) is 0 Å². The zero-order valence-corrected chi connectivity index (χ0v) is 11.3. The monoisotopic (exact) mass is 249 g/mol. The zero-order chi connectivity index (χ0) is 13.0. The molecule has 0 radical (unpaired) electrons. The Labute approximate surface area is 109 Å². The van der Waals surface area contributed by atoms with Gasteiger partial charge in [0.15, 0.2) is 0 Å². The second-order valence-corrected chi connectivity index (χ2v) is 5.07. The van der Waals surface area contributed by atoms with Crippen LogP contribution in [0.25, 0.3) is 0 Å².